The van der Waals surface area contributed by atoms with Crippen molar-refractivity contribution in [1.82, 2.24) is 4.98 Å². The summed E-state index contributed by atoms with van der Waals surface area (Å²) in [5, 5.41) is 0.960. The fourth-order valence-corrected chi connectivity index (χ4v) is 2.08. The minimum atomic E-state index is -1.22. The maximum absolute atomic E-state index is 13.9. The lowest BCUT2D eigenvalue weighted by atomic mass is 10.2. The number of allylic oxidation sites excluding steroid dienone is 2. The van der Waals surface area contributed by atoms with Gasteiger partial charge in [-0.05, 0) is 18.2 Å². The van der Waals surface area contributed by atoms with Crippen LogP contribution in [-0.2, 0) is 0 Å². The molecule has 0 bridgehead atoms. The van der Waals surface area contributed by atoms with Gasteiger partial charge in [-0.25, -0.2) is 4.39 Å². The third kappa shape index (κ3) is 1.49. The molecule has 86 valence electrons. The molecular formula is C13H12FN3. The molecule has 1 aliphatic rings. The lowest BCUT2D eigenvalue weighted by Gasteiger charge is -2.28. The number of anilines is 1. The van der Waals surface area contributed by atoms with Crippen LogP contribution < -0.4 is 10.6 Å². The van der Waals surface area contributed by atoms with E-state index in [1.165, 1.54) is 11.0 Å². The molecule has 0 amide bonds. The van der Waals surface area contributed by atoms with Crippen molar-refractivity contribution >= 4 is 16.6 Å². The van der Waals surface area contributed by atoms with Crippen molar-refractivity contribution in [1.29, 1.82) is 0 Å². The molecular weight excluding hydrogens is 217 g/mol. The van der Waals surface area contributed by atoms with Crippen molar-refractivity contribution in [2.45, 2.75) is 6.30 Å². The molecule has 2 aromatic rings. The monoisotopic (exact) mass is 229 g/mol. The highest BCUT2D eigenvalue weighted by Crippen LogP contribution is 2.31. The van der Waals surface area contributed by atoms with Gasteiger partial charge in [-0.3, -0.25) is 4.90 Å². The molecule has 1 atom stereocenters. The molecule has 0 saturated heterocycles. The lowest BCUT2D eigenvalue weighted by Crippen LogP contribution is -2.35. The summed E-state index contributed by atoms with van der Waals surface area (Å²) in [6, 6.07) is 7.75. The van der Waals surface area contributed by atoms with Crippen LogP contribution in [0.4, 0.5) is 10.1 Å². The van der Waals surface area contributed by atoms with Gasteiger partial charge in [0.05, 0.1) is 5.69 Å². The second-order valence-corrected chi connectivity index (χ2v) is 3.94. The van der Waals surface area contributed by atoms with Gasteiger partial charge >= 0.3 is 0 Å². The first-order valence-corrected chi connectivity index (χ1v) is 5.41. The number of rotatable bonds is 1. The Hall–Kier alpha value is -2.23. The third-order valence-electron chi connectivity index (χ3n) is 2.89. The minimum Gasteiger partial charge on any atom is -0.385 e. The predicted octanol–water partition coefficient (Wildman–Crippen LogP) is 2.64. The van der Waals surface area contributed by atoms with E-state index < -0.39 is 6.30 Å². The van der Waals surface area contributed by atoms with Crippen molar-refractivity contribution in [2.75, 3.05) is 4.90 Å². The number of nitrogens with two attached hydrogens (primary N) is 1. The molecule has 0 fully saturated rings. The van der Waals surface area contributed by atoms with Crippen molar-refractivity contribution in [2.24, 2.45) is 5.73 Å². The Balaban J connectivity index is 2.15. The number of hydrogen-bond donors (Lipinski definition) is 2. The van der Waals surface area contributed by atoms with Crippen molar-refractivity contribution in [3.8, 4) is 0 Å². The van der Waals surface area contributed by atoms with Crippen LogP contribution >= 0.6 is 0 Å². The minimum absolute atomic E-state index is 0.407. The second kappa shape index (κ2) is 3.66. The zero-order chi connectivity index (χ0) is 11.8. The van der Waals surface area contributed by atoms with Gasteiger partial charge in [0.15, 0.2) is 6.30 Å². The highest BCUT2D eigenvalue weighted by Gasteiger charge is 2.22. The zero-order valence-electron chi connectivity index (χ0n) is 9.10. The van der Waals surface area contributed by atoms with E-state index in [2.05, 4.69) is 4.98 Å². The van der Waals surface area contributed by atoms with Crippen LogP contribution in [0.25, 0.3) is 10.9 Å². The molecule has 1 aromatic carbocycles. The Bertz CT molecular complexity index is 612. The second-order valence-electron chi connectivity index (χ2n) is 3.94. The van der Waals surface area contributed by atoms with Crippen LogP contribution in [0.3, 0.4) is 0 Å². The zero-order valence-corrected chi connectivity index (χ0v) is 9.10. The number of benzene rings is 1. The van der Waals surface area contributed by atoms with E-state index in [0.29, 0.717) is 5.82 Å². The summed E-state index contributed by atoms with van der Waals surface area (Å²) in [4.78, 5) is 4.58. The normalized spacial score (nSPS) is 19.7. The molecule has 3 nitrogen and oxygen atoms in total. The van der Waals surface area contributed by atoms with Crippen LogP contribution in [0.5, 0.6) is 0 Å². The van der Waals surface area contributed by atoms with E-state index in [1.54, 1.807) is 18.3 Å². The van der Waals surface area contributed by atoms with E-state index >= 15 is 0 Å². The van der Waals surface area contributed by atoms with Crippen molar-refractivity contribution in [3.05, 3.63) is 54.5 Å². The number of para-hydroxylation sites is 1. The molecule has 2 heterocycles. The van der Waals surface area contributed by atoms with Crippen molar-refractivity contribution < 1.29 is 4.39 Å². The van der Waals surface area contributed by atoms with E-state index in [-0.39, 0.29) is 0 Å². The van der Waals surface area contributed by atoms with E-state index in [1.807, 2.05) is 24.3 Å². The lowest BCUT2D eigenvalue weighted by molar-refractivity contribution is 0.394. The van der Waals surface area contributed by atoms with Gasteiger partial charge in [0.2, 0.25) is 0 Å². The fraction of sp³-hybridized carbons (Fsp3) is 0.0769. The number of nitrogens with one attached hydrogen (secondary N) is 1. The Labute approximate surface area is 98.0 Å². The first kappa shape index (κ1) is 9.96. The molecule has 0 spiro atoms. The summed E-state index contributed by atoms with van der Waals surface area (Å²) in [5.74, 6) is 0.407. The number of aromatic amines is 1. The summed E-state index contributed by atoms with van der Waals surface area (Å²) in [5.41, 5.74) is 7.56. The van der Waals surface area contributed by atoms with Crippen LogP contribution in [0.1, 0.15) is 0 Å². The van der Waals surface area contributed by atoms with Crippen LogP contribution in [-0.4, -0.2) is 11.3 Å². The molecule has 3 N–H and O–H groups in total. The first-order chi connectivity index (χ1) is 8.27. The summed E-state index contributed by atoms with van der Waals surface area (Å²) < 4.78 is 13.9. The first-order valence-electron chi connectivity index (χ1n) is 5.41. The highest BCUT2D eigenvalue weighted by atomic mass is 19.1. The Kier molecular flexibility index (Phi) is 2.14. The van der Waals surface area contributed by atoms with Gasteiger partial charge in [-0.2, -0.15) is 0 Å². The Morgan fingerprint density at radius 1 is 1.29 bits per heavy atom. The highest BCUT2D eigenvalue weighted by molar-refractivity contribution is 5.93. The van der Waals surface area contributed by atoms with Crippen LogP contribution in [0.15, 0.2) is 54.5 Å². The largest absolute Gasteiger partial charge is 0.385 e. The molecule has 1 aliphatic heterocycles. The molecule has 3 rings (SSSR count). The molecule has 1 aromatic heterocycles. The number of fused-ring (bicyclic) bond motifs is 1. The standard InChI is InChI=1S/C13H12FN3/c14-12-6-3-7-13(15)17(12)11-8-16-10-5-2-1-4-9(10)11/h1-8,12,16H,15H2. The summed E-state index contributed by atoms with van der Waals surface area (Å²) >= 11 is 0. The molecule has 0 saturated carbocycles. The molecule has 4 heteroatoms. The van der Waals surface area contributed by atoms with Gasteiger partial charge in [0.1, 0.15) is 5.82 Å². The smallest absolute Gasteiger partial charge is 0.197 e. The Morgan fingerprint density at radius 3 is 2.94 bits per heavy atom. The van der Waals surface area contributed by atoms with Gasteiger partial charge in [-0.15, -0.1) is 0 Å². The maximum atomic E-state index is 13.9. The van der Waals surface area contributed by atoms with Gasteiger partial charge in [0.25, 0.3) is 0 Å². The molecule has 0 aliphatic carbocycles. The predicted molar refractivity (Wildman–Crippen MR) is 67.1 cm³/mol. The fourth-order valence-electron chi connectivity index (χ4n) is 2.08. The van der Waals surface area contributed by atoms with E-state index in [4.69, 9.17) is 5.73 Å². The van der Waals surface area contributed by atoms with Crippen LogP contribution in [0, 0.1) is 0 Å². The number of halogens is 1. The quantitative estimate of drug-likeness (QED) is 0.738. The van der Waals surface area contributed by atoms with Crippen molar-refractivity contribution in [3.63, 3.8) is 0 Å². The number of alkyl halides is 1. The number of H-pyrrole nitrogens is 1. The summed E-state index contributed by atoms with van der Waals surface area (Å²) in [6.07, 6.45) is 5.34. The van der Waals surface area contributed by atoms with E-state index in [0.717, 1.165) is 16.6 Å². The average Bonchev–Trinajstić information content (AvgIpc) is 2.73. The number of nitrogens with zero attached hydrogens (tertiary/aromatic N) is 1. The van der Waals surface area contributed by atoms with Gasteiger partial charge < -0.3 is 10.7 Å². The summed E-state index contributed by atoms with van der Waals surface area (Å²) in [7, 11) is 0. The van der Waals surface area contributed by atoms with Gasteiger partial charge in [-0.1, -0.05) is 24.3 Å². The Morgan fingerprint density at radius 2 is 2.12 bits per heavy atom. The molecule has 0 radical (unpaired) electrons. The maximum Gasteiger partial charge on any atom is 0.197 e. The molecule has 17 heavy (non-hydrogen) atoms. The molecule has 1 unspecified atom stereocenters. The average molecular weight is 229 g/mol. The van der Waals surface area contributed by atoms with Gasteiger partial charge in [0, 0.05) is 17.1 Å². The number of hydrogen-bond acceptors (Lipinski definition) is 2. The summed E-state index contributed by atoms with van der Waals surface area (Å²) in [6.45, 7) is 0. The topological polar surface area (TPSA) is 45.0 Å². The number of aromatic nitrogens is 1. The van der Waals surface area contributed by atoms with E-state index in [9.17, 15) is 4.39 Å². The van der Waals surface area contributed by atoms with Crippen LogP contribution in [0.2, 0.25) is 0 Å². The third-order valence-corrected chi connectivity index (χ3v) is 2.89. The SMILES string of the molecule is NC1=CC=CC(F)N1c1c[nH]c2ccccc12.